The van der Waals surface area contributed by atoms with E-state index in [2.05, 4.69) is 5.32 Å². The molecule has 3 N–H and O–H groups in total. The molecule has 0 bridgehead atoms. The highest BCUT2D eigenvalue weighted by atomic mass is 19.3. The molecule has 0 heterocycles. The third-order valence-electron chi connectivity index (χ3n) is 2.10. The molecular weight excluding hydrogens is 214 g/mol. The SMILES string of the molecule is Cc1cccc(N)c1NCCOCC(F)F. The van der Waals surface area contributed by atoms with E-state index in [4.69, 9.17) is 10.5 Å². The summed E-state index contributed by atoms with van der Waals surface area (Å²) in [6.45, 7) is 2.10. The molecule has 0 aliphatic rings. The number of nitrogen functional groups attached to an aromatic ring is 1. The van der Waals surface area contributed by atoms with Gasteiger partial charge in [0.1, 0.15) is 6.61 Å². The predicted molar refractivity (Wildman–Crippen MR) is 60.9 cm³/mol. The molecule has 0 spiro atoms. The predicted octanol–water partition coefficient (Wildman–Crippen LogP) is 2.27. The first-order chi connectivity index (χ1) is 7.61. The van der Waals surface area contributed by atoms with Gasteiger partial charge in [0, 0.05) is 6.54 Å². The Morgan fingerprint density at radius 2 is 2.19 bits per heavy atom. The van der Waals surface area contributed by atoms with Crippen molar-refractivity contribution in [3.63, 3.8) is 0 Å². The third kappa shape index (κ3) is 4.02. The Labute approximate surface area is 93.6 Å². The van der Waals surface area contributed by atoms with Crippen molar-refractivity contribution in [3.8, 4) is 0 Å². The van der Waals surface area contributed by atoms with Crippen molar-refractivity contribution < 1.29 is 13.5 Å². The molecule has 16 heavy (non-hydrogen) atoms. The van der Waals surface area contributed by atoms with Crippen LogP contribution in [0.3, 0.4) is 0 Å². The van der Waals surface area contributed by atoms with Gasteiger partial charge in [-0.2, -0.15) is 0 Å². The molecule has 0 amide bonds. The van der Waals surface area contributed by atoms with Crippen LogP contribution in [0.5, 0.6) is 0 Å². The van der Waals surface area contributed by atoms with Crippen molar-refractivity contribution in [1.82, 2.24) is 0 Å². The van der Waals surface area contributed by atoms with Crippen LogP contribution in [-0.4, -0.2) is 26.2 Å². The zero-order chi connectivity index (χ0) is 12.0. The third-order valence-corrected chi connectivity index (χ3v) is 2.10. The van der Waals surface area contributed by atoms with Crippen LogP contribution in [0, 0.1) is 6.92 Å². The van der Waals surface area contributed by atoms with E-state index >= 15 is 0 Å². The average Bonchev–Trinajstić information content (AvgIpc) is 2.21. The van der Waals surface area contributed by atoms with E-state index in [0.29, 0.717) is 12.2 Å². The van der Waals surface area contributed by atoms with Crippen molar-refractivity contribution >= 4 is 11.4 Å². The van der Waals surface area contributed by atoms with E-state index in [1.807, 2.05) is 19.1 Å². The zero-order valence-corrected chi connectivity index (χ0v) is 9.17. The summed E-state index contributed by atoms with van der Waals surface area (Å²) in [5.74, 6) is 0. The minimum atomic E-state index is -2.41. The lowest BCUT2D eigenvalue weighted by atomic mass is 10.1. The fourth-order valence-electron chi connectivity index (χ4n) is 1.35. The van der Waals surface area contributed by atoms with E-state index < -0.39 is 13.0 Å². The zero-order valence-electron chi connectivity index (χ0n) is 9.17. The van der Waals surface area contributed by atoms with E-state index in [0.717, 1.165) is 11.3 Å². The van der Waals surface area contributed by atoms with Crippen LogP contribution in [0.4, 0.5) is 20.2 Å². The maximum absolute atomic E-state index is 11.7. The van der Waals surface area contributed by atoms with Crippen molar-refractivity contribution in [2.24, 2.45) is 0 Å². The number of rotatable bonds is 6. The largest absolute Gasteiger partial charge is 0.397 e. The maximum atomic E-state index is 11.7. The lowest BCUT2D eigenvalue weighted by Gasteiger charge is -2.12. The summed E-state index contributed by atoms with van der Waals surface area (Å²) in [5, 5.41) is 3.06. The van der Waals surface area contributed by atoms with Gasteiger partial charge in [-0.3, -0.25) is 0 Å². The van der Waals surface area contributed by atoms with Gasteiger partial charge in [-0.1, -0.05) is 12.1 Å². The Morgan fingerprint density at radius 1 is 1.44 bits per heavy atom. The van der Waals surface area contributed by atoms with Gasteiger partial charge < -0.3 is 15.8 Å². The summed E-state index contributed by atoms with van der Waals surface area (Å²) in [5.41, 5.74) is 8.27. The second-order valence-corrected chi connectivity index (χ2v) is 3.43. The first-order valence-corrected chi connectivity index (χ1v) is 5.06. The summed E-state index contributed by atoms with van der Waals surface area (Å²) in [6, 6.07) is 5.58. The van der Waals surface area contributed by atoms with Gasteiger partial charge in [-0.05, 0) is 18.6 Å². The van der Waals surface area contributed by atoms with Crippen molar-refractivity contribution in [1.29, 1.82) is 0 Å². The molecule has 0 atom stereocenters. The summed E-state index contributed by atoms with van der Waals surface area (Å²) >= 11 is 0. The standard InChI is InChI=1S/C11H16F2N2O/c1-8-3-2-4-9(14)11(8)15-5-6-16-7-10(12)13/h2-4,10,15H,5-7,14H2,1H3. The number of benzene rings is 1. The number of halogens is 2. The molecule has 0 saturated heterocycles. The molecule has 1 rings (SSSR count). The first kappa shape index (κ1) is 12.7. The molecule has 0 radical (unpaired) electrons. The average molecular weight is 230 g/mol. The lowest BCUT2D eigenvalue weighted by Crippen LogP contribution is -2.14. The number of hydrogen-bond donors (Lipinski definition) is 2. The van der Waals surface area contributed by atoms with Gasteiger partial charge >= 0.3 is 0 Å². The fourth-order valence-corrected chi connectivity index (χ4v) is 1.35. The maximum Gasteiger partial charge on any atom is 0.261 e. The number of alkyl halides is 2. The Kier molecular flexibility index (Phi) is 4.98. The van der Waals surface area contributed by atoms with E-state index in [1.165, 1.54) is 0 Å². The van der Waals surface area contributed by atoms with Crippen molar-refractivity contribution in [2.75, 3.05) is 30.8 Å². The van der Waals surface area contributed by atoms with Gasteiger partial charge in [0.05, 0.1) is 18.0 Å². The summed E-state index contributed by atoms with van der Waals surface area (Å²) in [4.78, 5) is 0. The van der Waals surface area contributed by atoms with Crippen LogP contribution in [0.1, 0.15) is 5.56 Å². The molecule has 5 heteroatoms. The number of nitrogens with one attached hydrogen (secondary N) is 1. The van der Waals surface area contributed by atoms with Gasteiger partial charge in [0.25, 0.3) is 6.43 Å². The molecule has 0 aliphatic heterocycles. The Balaban J connectivity index is 2.32. The van der Waals surface area contributed by atoms with Gasteiger partial charge in [0.15, 0.2) is 0 Å². The normalized spacial score (nSPS) is 10.8. The first-order valence-electron chi connectivity index (χ1n) is 5.06. The van der Waals surface area contributed by atoms with Crippen LogP contribution in [-0.2, 0) is 4.74 Å². The smallest absolute Gasteiger partial charge is 0.261 e. The number of aryl methyl sites for hydroxylation is 1. The number of hydrogen-bond acceptors (Lipinski definition) is 3. The second-order valence-electron chi connectivity index (χ2n) is 3.43. The highest BCUT2D eigenvalue weighted by Gasteiger charge is 2.03. The van der Waals surface area contributed by atoms with Crippen LogP contribution in [0.2, 0.25) is 0 Å². The molecular formula is C11H16F2N2O. The number of para-hydroxylation sites is 1. The van der Waals surface area contributed by atoms with E-state index in [-0.39, 0.29) is 6.61 Å². The molecule has 0 saturated carbocycles. The molecule has 1 aromatic rings. The Hall–Kier alpha value is -1.36. The highest BCUT2D eigenvalue weighted by Crippen LogP contribution is 2.21. The Morgan fingerprint density at radius 3 is 2.81 bits per heavy atom. The van der Waals surface area contributed by atoms with Crippen LogP contribution < -0.4 is 11.1 Å². The van der Waals surface area contributed by atoms with Gasteiger partial charge in [0.2, 0.25) is 0 Å². The molecule has 1 aromatic carbocycles. The summed E-state index contributed by atoms with van der Waals surface area (Å²) in [7, 11) is 0. The topological polar surface area (TPSA) is 47.3 Å². The van der Waals surface area contributed by atoms with Crippen molar-refractivity contribution in [3.05, 3.63) is 23.8 Å². The van der Waals surface area contributed by atoms with Gasteiger partial charge in [-0.15, -0.1) is 0 Å². The van der Waals surface area contributed by atoms with Gasteiger partial charge in [-0.25, -0.2) is 8.78 Å². The highest BCUT2D eigenvalue weighted by molar-refractivity contribution is 5.69. The summed E-state index contributed by atoms with van der Waals surface area (Å²) in [6.07, 6.45) is -2.41. The molecule has 0 fully saturated rings. The molecule has 0 aliphatic carbocycles. The fraction of sp³-hybridized carbons (Fsp3) is 0.455. The summed E-state index contributed by atoms with van der Waals surface area (Å²) < 4.78 is 28.2. The second kappa shape index (κ2) is 6.27. The molecule has 0 aromatic heterocycles. The monoisotopic (exact) mass is 230 g/mol. The lowest BCUT2D eigenvalue weighted by molar-refractivity contribution is 0.0215. The van der Waals surface area contributed by atoms with E-state index in [9.17, 15) is 8.78 Å². The number of ether oxygens (including phenoxy) is 1. The number of nitrogens with two attached hydrogens (primary N) is 1. The van der Waals surface area contributed by atoms with E-state index in [1.54, 1.807) is 6.07 Å². The molecule has 3 nitrogen and oxygen atoms in total. The Bertz CT molecular complexity index is 312. The minimum absolute atomic E-state index is 0.234. The van der Waals surface area contributed by atoms with Crippen LogP contribution in [0.15, 0.2) is 18.2 Å². The number of anilines is 2. The van der Waals surface area contributed by atoms with Crippen LogP contribution >= 0.6 is 0 Å². The van der Waals surface area contributed by atoms with Crippen LogP contribution in [0.25, 0.3) is 0 Å². The molecule has 0 unspecified atom stereocenters. The van der Waals surface area contributed by atoms with Crippen molar-refractivity contribution in [2.45, 2.75) is 13.3 Å². The minimum Gasteiger partial charge on any atom is -0.397 e. The molecule has 90 valence electrons. The quantitative estimate of drug-likeness (QED) is 0.582.